The maximum Gasteiger partial charge on any atom is 0.119 e. The van der Waals surface area contributed by atoms with Gasteiger partial charge in [-0.3, -0.25) is 0 Å². The van der Waals surface area contributed by atoms with E-state index in [1.807, 2.05) is 0 Å². The first-order chi connectivity index (χ1) is 13.6. The van der Waals surface area contributed by atoms with Gasteiger partial charge in [0.1, 0.15) is 11.5 Å². The Hall–Kier alpha value is -2.22. The fraction of sp³-hybridized carbons (Fsp3) is 0.481. The first-order valence-electron chi connectivity index (χ1n) is 10.7. The molecule has 29 heavy (non-hydrogen) atoms. The molecule has 0 aliphatic heterocycles. The van der Waals surface area contributed by atoms with Crippen molar-refractivity contribution in [3.63, 3.8) is 0 Å². The average molecular weight is 397 g/mol. The molecule has 0 spiro atoms. The molecule has 1 atom stereocenters. The summed E-state index contributed by atoms with van der Waals surface area (Å²) in [4.78, 5) is 0. The average Bonchev–Trinajstić information content (AvgIpc) is 2.61. The summed E-state index contributed by atoms with van der Waals surface area (Å²) in [5.74, 6) is 0.913. The van der Waals surface area contributed by atoms with E-state index < -0.39 is 0 Å². The van der Waals surface area contributed by atoms with E-state index in [9.17, 15) is 10.2 Å². The van der Waals surface area contributed by atoms with Crippen LogP contribution in [0.5, 0.6) is 11.5 Å². The van der Waals surface area contributed by atoms with Crippen LogP contribution in [0.4, 0.5) is 0 Å². The van der Waals surface area contributed by atoms with Gasteiger partial charge in [-0.1, -0.05) is 46.1 Å². The Morgan fingerprint density at radius 1 is 0.897 bits per heavy atom. The minimum atomic E-state index is 0.194. The summed E-state index contributed by atoms with van der Waals surface area (Å²) in [5.41, 5.74) is 7.57. The third-order valence-electron chi connectivity index (χ3n) is 5.24. The van der Waals surface area contributed by atoms with Gasteiger partial charge in [-0.05, 0) is 105 Å². The Labute approximate surface area is 178 Å². The monoisotopic (exact) mass is 396 g/mol. The van der Waals surface area contributed by atoms with Crippen molar-refractivity contribution in [2.24, 2.45) is 5.92 Å². The smallest absolute Gasteiger partial charge is 0.119 e. The fourth-order valence-corrected chi connectivity index (χ4v) is 3.44. The summed E-state index contributed by atoms with van der Waals surface area (Å²) < 4.78 is 0. The zero-order valence-corrected chi connectivity index (χ0v) is 19.5. The van der Waals surface area contributed by atoms with Crippen LogP contribution < -0.4 is 0 Å². The SMILES string of the molecule is CC(C)=CCCC(C)=CCC(C=C(C)C)CC(C)=C(C)Cc1cc(O)ccc1O. The largest absolute Gasteiger partial charge is 0.508 e. The highest BCUT2D eigenvalue weighted by Gasteiger charge is 2.10. The zero-order valence-electron chi connectivity index (χ0n) is 19.5. The lowest BCUT2D eigenvalue weighted by Crippen LogP contribution is -2.01. The van der Waals surface area contributed by atoms with Crippen LogP contribution in [0.3, 0.4) is 0 Å². The number of phenols is 2. The Balaban J connectivity index is 2.85. The predicted octanol–water partition coefficient (Wildman–Crippen LogP) is 8.03. The van der Waals surface area contributed by atoms with Gasteiger partial charge in [0.15, 0.2) is 0 Å². The molecule has 0 bridgehead atoms. The van der Waals surface area contributed by atoms with Crippen molar-refractivity contribution < 1.29 is 10.2 Å². The maximum absolute atomic E-state index is 10.1. The van der Waals surface area contributed by atoms with Crippen LogP contribution in [0, 0.1) is 5.92 Å². The van der Waals surface area contributed by atoms with Gasteiger partial charge in [0, 0.05) is 5.56 Å². The van der Waals surface area contributed by atoms with Crippen molar-refractivity contribution in [1.29, 1.82) is 0 Å². The quantitative estimate of drug-likeness (QED) is 0.310. The standard InChI is InChI=1S/C27H40O2/c1-19(2)9-8-10-21(5)11-12-24(15-20(3)4)16-22(6)23(7)17-25-18-26(28)13-14-27(25)29/h9,11,13-15,18,24,28-29H,8,10,12,16-17H2,1-7H3. The summed E-state index contributed by atoms with van der Waals surface area (Å²) in [6.45, 7) is 15.2. The summed E-state index contributed by atoms with van der Waals surface area (Å²) in [5, 5.41) is 19.8. The predicted molar refractivity (Wildman–Crippen MR) is 126 cm³/mol. The van der Waals surface area contributed by atoms with Crippen molar-refractivity contribution in [2.75, 3.05) is 0 Å². The number of aromatic hydroxyl groups is 2. The van der Waals surface area contributed by atoms with Crippen molar-refractivity contribution in [2.45, 2.75) is 80.6 Å². The van der Waals surface area contributed by atoms with Gasteiger partial charge in [-0.2, -0.15) is 0 Å². The Morgan fingerprint density at radius 3 is 2.21 bits per heavy atom. The number of hydrogen-bond acceptors (Lipinski definition) is 2. The van der Waals surface area contributed by atoms with Gasteiger partial charge in [-0.15, -0.1) is 0 Å². The third-order valence-corrected chi connectivity index (χ3v) is 5.24. The second-order valence-corrected chi connectivity index (χ2v) is 8.87. The molecule has 1 aromatic rings. The molecule has 0 aromatic heterocycles. The first-order valence-corrected chi connectivity index (χ1v) is 10.7. The molecule has 0 aliphatic rings. The summed E-state index contributed by atoms with van der Waals surface area (Å²) in [6, 6.07) is 4.72. The van der Waals surface area contributed by atoms with Crippen molar-refractivity contribution in [3.8, 4) is 11.5 Å². The van der Waals surface area contributed by atoms with E-state index >= 15 is 0 Å². The Kier molecular flexibility index (Phi) is 10.6. The molecule has 0 saturated heterocycles. The van der Waals surface area contributed by atoms with Crippen LogP contribution in [0.25, 0.3) is 0 Å². The normalized spacial score (nSPS) is 13.6. The van der Waals surface area contributed by atoms with E-state index in [4.69, 9.17) is 0 Å². The van der Waals surface area contributed by atoms with Gasteiger partial charge in [-0.25, -0.2) is 0 Å². The molecule has 2 nitrogen and oxygen atoms in total. The lowest BCUT2D eigenvalue weighted by atomic mass is 9.90. The molecule has 1 rings (SSSR count). The molecule has 2 N–H and O–H groups in total. The molecular formula is C27H40O2. The molecule has 160 valence electrons. The van der Waals surface area contributed by atoms with Crippen molar-refractivity contribution in [1.82, 2.24) is 0 Å². The minimum Gasteiger partial charge on any atom is -0.508 e. The van der Waals surface area contributed by atoms with Gasteiger partial charge >= 0.3 is 0 Å². The number of hydrogen-bond donors (Lipinski definition) is 2. The molecule has 2 heteroatoms. The number of phenolic OH excluding ortho intramolecular Hbond substituents is 2. The second-order valence-electron chi connectivity index (χ2n) is 8.87. The van der Waals surface area contributed by atoms with Crippen LogP contribution in [0.15, 0.2) is 64.3 Å². The zero-order chi connectivity index (χ0) is 22.0. The summed E-state index contributed by atoms with van der Waals surface area (Å²) in [6.07, 6.45) is 12.0. The topological polar surface area (TPSA) is 40.5 Å². The van der Waals surface area contributed by atoms with Crippen LogP contribution >= 0.6 is 0 Å². The molecule has 1 aromatic carbocycles. The van der Waals surface area contributed by atoms with Crippen molar-refractivity contribution >= 4 is 0 Å². The Morgan fingerprint density at radius 2 is 1.59 bits per heavy atom. The lowest BCUT2D eigenvalue weighted by Gasteiger charge is -2.16. The molecular weight excluding hydrogens is 356 g/mol. The van der Waals surface area contributed by atoms with E-state index in [2.05, 4.69) is 66.7 Å². The minimum absolute atomic E-state index is 0.194. The van der Waals surface area contributed by atoms with Crippen LogP contribution in [-0.2, 0) is 6.42 Å². The van der Waals surface area contributed by atoms with Crippen molar-refractivity contribution in [3.05, 3.63) is 69.9 Å². The second kappa shape index (κ2) is 12.4. The molecule has 0 heterocycles. The van der Waals surface area contributed by atoms with Crippen LogP contribution in [0.2, 0.25) is 0 Å². The van der Waals surface area contributed by atoms with Crippen LogP contribution in [0.1, 0.15) is 79.7 Å². The Bertz CT molecular complexity index is 783. The highest BCUT2D eigenvalue weighted by molar-refractivity contribution is 5.41. The molecule has 0 fully saturated rings. The number of rotatable bonds is 10. The highest BCUT2D eigenvalue weighted by Crippen LogP contribution is 2.28. The molecule has 0 aliphatic carbocycles. The van der Waals surface area contributed by atoms with E-state index in [1.54, 1.807) is 12.1 Å². The lowest BCUT2D eigenvalue weighted by molar-refractivity contribution is 0.455. The van der Waals surface area contributed by atoms with Gasteiger partial charge in [0.05, 0.1) is 0 Å². The fourth-order valence-electron chi connectivity index (χ4n) is 3.44. The highest BCUT2D eigenvalue weighted by atomic mass is 16.3. The van der Waals surface area contributed by atoms with Crippen LogP contribution in [-0.4, -0.2) is 10.2 Å². The van der Waals surface area contributed by atoms with Gasteiger partial charge in [0.2, 0.25) is 0 Å². The summed E-state index contributed by atoms with van der Waals surface area (Å²) in [7, 11) is 0. The van der Waals surface area contributed by atoms with Gasteiger partial charge < -0.3 is 10.2 Å². The summed E-state index contributed by atoms with van der Waals surface area (Å²) >= 11 is 0. The van der Waals surface area contributed by atoms with E-state index in [-0.39, 0.29) is 11.5 Å². The first kappa shape index (κ1) is 24.8. The van der Waals surface area contributed by atoms with E-state index in [1.165, 1.54) is 33.9 Å². The third kappa shape index (κ3) is 10.2. The molecule has 0 saturated carbocycles. The van der Waals surface area contributed by atoms with Gasteiger partial charge in [0.25, 0.3) is 0 Å². The number of allylic oxidation sites excluding steroid dienone is 8. The molecule has 1 unspecified atom stereocenters. The maximum atomic E-state index is 10.1. The molecule has 0 radical (unpaired) electrons. The van der Waals surface area contributed by atoms with E-state index in [0.717, 1.165) is 31.2 Å². The number of benzene rings is 1. The van der Waals surface area contributed by atoms with E-state index in [0.29, 0.717) is 12.3 Å². The molecule has 0 amide bonds.